The number of esters is 1. The molecule has 0 aromatic heterocycles. The van der Waals surface area contributed by atoms with E-state index in [0.717, 1.165) is 5.56 Å². The quantitative estimate of drug-likeness (QED) is 0.772. The molecule has 7 heteroatoms. The van der Waals surface area contributed by atoms with E-state index >= 15 is 0 Å². The summed E-state index contributed by atoms with van der Waals surface area (Å²) in [5.41, 5.74) is 0.842. The van der Waals surface area contributed by atoms with Crippen molar-refractivity contribution in [3.05, 3.63) is 35.9 Å². The molecule has 2 heterocycles. The number of ether oxygens (including phenoxy) is 1. The second-order valence-electron chi connectivity index (χ2n) is 5.41. The molecular weight excluding hydrogens is 284 g/mol. The van der Waals surface area contributed by atoms with E-state index in [1.165, 1.54) is 12.1 Å². The van der Waals surface area contributed by atoms with Gasteiger partial charge in [0.1, 0.15) is 0 Å². The number of amides is 2. The summed E-state index contributed by atoms with van der Waals surface area (Å²) < 4.78 is 4.89. The summed E-state index contributed by atoms with van der Waals surface area (Å²) in [7, 11) is 2.97. The van der Waals surface area contributed by atoms with Crippen molar-refractivity contribution >= 4 is 17.8 Å². The number of fused-ring (bicyclic) bond motifs is 1. The zero-order valence-electron chi connectivity index (χ0n) is 12.8. The van der Waals surface area contributed by atoms with Gasteiger partial charge in [0.15, 0.2) is 11.9 Å². The fourth-order valence-corrected chi connectivity index (χ4v) is 2.90. The van der Waals surface area contributed by atoms with Crippen LogP contribution in [0.5, 0.6) is 0 Å². The zero-order chi connectivity index (χ0) is 15.9. The van der Waals surface area contributed by atoms with E-state index in [1.54, 1.807) is 17.1 Å². The van der Waals surface area contributed by atoms with Gasteiger partial charge in [-0.25, -0.2) is 24.6 Å². The molecule has 1 aromatic rings. The van der Waals surface area contributed by atoms with Crippen LogP contribution in [0.15, 0.2) is 35.4 Å². The molecule has 1 saturated heterocycles. The SMILES string of the molecule is COC(=O)C1CC(C)N2C(=O)N(C)N=C(c3ccccc3)N12. The Morgan fingerprint density at radius 3 is 2.59 bits per heavy atom. The third-order valence-electron chi connectivity index (χ3n) is 3.95. The van der Waals surface area contributed by atoms with Crippen LogP contribution in [0.25, 0.3) is 0 Å². The number of methoxy groups -OCH3 is 1. The van der Waals surface area contributed by atoms with Gasteiger partial charge in [-0.1, -0.05) is 30.3 Å². The van der Waals surface area contributed by atoms with E-state index in [4.69, 9.17) is 4.74 Å². The molecule has 0 spiro atoms. The minimum absolute atomic E-state index is 0.103. The number of hydrazone groups is 1. The third-order valence-corrected chi connectivity index (χ3v) is 3.95. The van der Waals surface area contributed by atoms with Crippen LogP contribution in [-0.4, -0.2) is 59.1 Å². The maximum absolute atomic E-state index is 12.4. The molecule has 1 fully saturated rings. The lowest BCUT2D eigenvalue weighted by atomic mass is 10.1. The Kier molecular flexibility index (Phi) is 3.48. The van der Waals surface area contributed by atoms with Gasteiger partial charge in [-0.2, -0.15) is 0 Å². The van der Waals surface area contributed by atoms with Gasteiger partial charge in [0.2, 0.25) is 0 Å². The van der Waals surface area contributed by atoms with E-state index in [0.29, 0.717) is 12.3 Å². The minimum Gasteiger partial charge on any atom is -0.467 e. The van der Waals surface area contributed by atoms with Crippen LogP contribution >= 0.6 is 0 Å². The number of carbonyl (C=O) groups is 2. The van der Waals surface area contributed by atoms with Crippen molar-refractivity contribution in [1.82, 2.24) is 15.0 Å². The van der Waals surface area contributed by atoms with Gasteiger partial charge in [-0.3, -0.25) is 0 Å². The third kappa shape index (κ3) is 2.09. The van der Waals surface area contributed by atoms with Gasteiger partial charge >= 0.3 is 12.0 Å². The summed E-state index contributed by atoms with van der Waals surface area (Å²) in [6.45, 7) is 1.91. The molecule has 3 rings (SSSR count). The van der Waals surface area contributed by atoms with Crippen LogP contribution in [0.4, 0.5) is 4.79 Å². The molecule has 116 valence electrons. The van der Waals surface area contributed by atoms with E-state index in [1.807, 2.05) is 37.3 Å². The van der Waals surface area contributed by atoms with Crippen LogP contribution in [0.2, 0.25) is 0 Å². The highest BCUT2D eigenvalue weighted by atomic mass is 16.5. The number of hydrogen-bond acceptors (Lipinski definition) is 5. The molecule has 0 saturated carbocycles. The highest BCUT2D eigenvalue weighted by Gasteiger charge is 2.49. The number of carbonyl (C=O) groups excluding carboxylic acids is 2. The summed E-state index contributed by atoms with van der Waals surface area (Å²) in [6, 6.07) is 8.60. The number of benzene rings is 1. The first kappa shape index (κ1) is 14.4. The number of hydrogen-bond donors (Lipinski definition) is 0. The van der Waals surface area contributed by atoms with Gasteiger partial charge in [0, 0.05) is 19.0 Å². The Hall–Kier alpha value is -2.57. The summed E-state index contributed by atoms with van der Waals surface area (Å²) in [5.74, 6) is 0.206. The largest absolute Gasteiger partial charge is 0.467 e. The summed E-state index contributed by atoms with van der Waals surface area (Å²) >= 11 is 0. The molecule has 0 aliphatic carbocycles. The standard InChI is InChI=1S/C15H18N4O3/c1-10-9-12(14(20)22-3)19-13(11-7-5-4-6-8-11)16-17(2)15(21)18(10)19/h4-8,10,12H,9H2,1-3H3. The van der Waals surface area contributed by atoms with Crippen molar-refractivity contribution in [2.75, 3.05) is 14.2 Å². The normalized spacial score (nSPS) is 24.2. The lowest BCUT2D eigenvalue weighted by Gasteiger charge is -2.40. The van der Waals surface area contributed by atoms with Gasteiger partial charge < -0.3 is 4.74 Å². The van der Waals surface area contributed by atoms with Crippen molar-refractivity contribution in [2.45, 2.75) is 25.4 Å². The molecule has 0 N–H and O–H groups in total. The first-order chi connectivity index (χ1) is 10.5. The molecule has 2 unspecified atom stereocenters. The Bertz CT molecular complexity index is 631. The Morgan fingerprint density at radius 1 is 1.27 bits per heavy atom. The van der Waals surface area contributed by atoms with Crippen molar-refractivity contribution < 1.29 is 14.3 Å². The highest BCUT2D eigenvalue weighted by Crippen LogP contribution is 2.31. The number of amidine groups is 1. The molecule has 2 amide bonds. The van der Waals surface area contributed by atoms with E-state index in [9.17, 15) is 9.59 Å². The van der Waals surface area contributed by atoms with Crippen LogP contribution in [0.1, 0.15) is 18.9 Å². The van der Waals surface area contributed by atoms with Gasteiger partial charge in [-0.05, 0) is 6.92 Å². The zero-order valence-corrected chi connectivity index (χ0v) is 12.8. The van der Waals surface area contributed by atoms with Gasteiger partial charge in [0.25, 0.3) is 0 Å². The highest BCUT2D eigenvalue weighted by molar-refractivity contribution is 6.03. The molecular formula is C15H18N4O3. The van der Waals surface area contributed by atoms with Crippen LogP contribution in [-0.2, 0) is 9.53 Å². The molecule has 0 bridgehead atoms. The maximum Gasteiger partial charge on any atom is 0.359 e. The maximum atomic E-state index is 12.4. The lowest BCUT2D eigenvalue weighted by molar-refractivity contribution is -0.146. The molecule has 1 aromatic carbocycles. The van der Waals surface area contributed by atoms with E-state index in [-0.39, 0.29) is 18.0 Å². The fraction of sp³-hybridized carbons (Fsp3) is 0.400. The van der Waals surface area contributed by atoms with Crippen molar-refractivity contribution in [1.29, 1.82) is 0 Å². The second kappa shape index (κ2) is 5.32. The van der Waals surface area contributed by atoms with Crippen LogP contribution in [0.3, 0.4) is 0 Å². The molecule has 2 aliphatic heterocycles. The summed E-state index contributed by atoms with van der Waals surface area (Å²) in [5, 5.41) is 8.90. The van der Waals surface area contributed by atoms with Crippen molar-refractivity contribution in [2.24, 2.45) is 5.10 Å². The number of urea groups is 1. The predicted molar refractivity (Wildman–Crippen MR) is 79.7 cm³/mol. The summed E-state index contributed by atoms with van der Waals surface area (Å²) in [6.07, 6.45) is 0.512. The van der Waals surface area contributed by atoms with E-state index in [2.05, 4.69) is 5.10 Å². The monoisotopic (exact) mass is 302 g/mol. The summed E-state index contributed by atoms with van der Waals surface area (Å²) in [4.78, 5) is 24.5. The first-order valence-electron chi connectivity index (χ1n) is 7.12. The topological polar surface area (TPSA) is 65.5 Å². The molecule has 0 radical (unpaired) electrons. The number of nitrogens with zero attached hydrogens (tertiary/aromatic N) is 4. The molecule has 2 aliphatic rings. The van der Waals surface area contributed by atoms with Gasteiger partial charge in [-0.15, -0.1) is 5.10 Å². The fourth-order valence-electron chi connectivity index (χ4n) is 2.90. The molecule has 7 nitrogen and oxygen atoms in total. The minimum atomic E-state index is -0.545. The smallest absolute Gasteiger partial charge is 0.359 e. The van der Waals surface area contributed by atoms with E-state index < -0.39 is 6.04 Å². The lowest BCUT2D eigenvalue weighted by Crippen LogP contribution is -2.58. The number of hydrazine groups is 1. The average molecular weight is 302 g/mol. The van der Waals surface area contributed by atoms with Gasteiger partial charge in [0.05, 0.1) is 13.2 Å². The average Bonchev–Trinajstić information content (AvgIpc) is 2.88. The molecule has 22 heavy (non-hydrogen) atoms. The van der Waals surface area contributed by atoms with Crippen molar-refractivity contribution in [3.8, 4) is 0 Å². The Balaban J connectivity index is 2.09. The van der Waals surface area contributed by atoms with Crippen LogP contribution in [0, 0.1) is 0 Å². The molecule has 2 atom stereocenters. The Labute approximate surface area is 128 Å². The number of rotatable bonds is 2. The second-order valence-corrected chi connectivity index (χ2v) is 5.41. The van der Waals surface area contributed by atoms with Crippen LogP contribution < -0.4 is 0 Å². The first-order valence-corrected chi connectivity index (χ1v) is 7.12. The van der Waals surface area contributed by atoms with Crippen molar-refractivity contribution in [3.63, 3.8) is 0 Å². The predicted octanol–water partition coefficient (Wildman–Crippen LogP) is 1.27. The Morgan fingerprint density at radius 2 is 1.95 bits per heavy atom.